The molecule has 2 N–H and O–H groups in total. The van der Waals surface area contributed by atoms with Crippen molar-refractivity contribution in [2.75, 3.05) is 5.32 Å². The highest BCUT2D eigenvalue weighted by atomic mass is 32.1. The van der Waals surface area contributed by atoms with Crippen LogP contribution < -0.4 is 5.32 Å². The smallest absolute Gasteiger partial charge is 0.255 e. The number of anilines is 1. The van der Waals surface area contributed by atoms with Crippen LogP contribution in [0.25, 0.3) is 22.3 Å². The highest BCUT2D eigenvalue weighted by Gasteiger charge is 2.09. The number of aromatic amines is 1. The molecule has 2 aromatic carbocycles. The molecule has 0 aliphatic rings. The third-order valence-corrected chi connectivity index (χ3v) is 4.00. The van der Waals surface area contributed by atoms with Crippen molar-refractivity contribution in [3.63, 3.8) is 0 Å². The molecular formula is C16H11N5OS. The van der Waals surface area contributed by atoms with Crippen molar-refractivity contribution in [2.24, 2.45) is 0 Å². The second kappa shape index (κ2) is 5.62. The van der Waals surface area contributed by atoms with Crippen LogP contribution in [0.5, 0.6) is 0 Å². The second-order valence-corrected chi connectivity index (χ2v) is 5.50. The number of hydrogen-bond acceptors (Lipinski definition) is 5. The standard InChI is InChI=1S/C16H11N5OS/c22-16(11-4-5-14-15(9-11)21-23-20-14)18-12-3-1-2-10(8-12)13-6-7-17-19-13/h1-9H,(H,17,19)(H,18,22). The number of hydrogen-bond donors (Lipinski definition) is 2. The van der Waals surface area contributed by atoms with Crippen LogP contribution in [-0.2, 0) is 0 Å². The Balaban J connectivity index is 1.59. The van der Waals surface area contributed by atoms with Crippen molar-refractivity contribution >= 4 is 34.4 Å². The first-order valence-corrected chi connectivity index (χ1v) is 7.66. The van der Waals surface area contributed by atoms with Crippen LogP contribution in [0, 0.1) is 0 Å². The molecule has 23 heavy (non-hydrogen) atoms. The van der Waals surface area contributed by atoms with Gasteiger partial charge >= 0.3 is 0 Å². The van der Waals surface area contributed by atoms with E-state index in [1.54, 1.807) is 24.4 Å². The predicted octanol–water partition coefficient (Wildman–Crippen LogP) is 3.33. The van der Waals surface area contributed by atoms with E-state index < -0.39 is 0 Å². The number of nitrogens with one attached hydrogen (secondary N) is 2. The normalized spacial score (nSPS) is 10.8. The van der Waals surface area contributed by atoms with Crippen molar-refractivity contribution in [2.45, 2.75) is 0 Å². The van der Waals surface area contributed by atoms with Crippen LogP contribution in [0.3, 0.4) is 0 Å². The van der Waals surface area contributed by atoms with Gasteiger partial charge in [0.2, 0.25) is 0 Å². The van der Waals surface area contributed by atoms with Crippen LogP contribution in [0.1, 0.15) is 10.4 Å². The number of nitrogens with zero attached hydrogens (tertiary/aromatic N) is 3. The first-order chi connectivity index (χ1) is 11.3. The van der Waals surface area contributed by atoms with Crippen LogP contribution >= 0.6 is 11.7 Å². The highest BCUT2D eigenvalue weighted by Crippen LogP contribution is 2.21. The lowest BCUT2D eigenvalue weighted by molar-refractivity contribution is 0.102. The molecule has 0 aliphatic heterocycles. The van der Waals surface area contributed by atoms with Gasteiger partial charge in [0, 0.05) is 23.0 Å². The van der Waals surface area contributed by atoms with Gasteiger partial charge in [0.1, 0.15) is 11.0 Å². The van der Waals surface area contributed by atoms with E-state index in [-0.39, 0.29) is 5.91 Å². The van der Waals surface area contributed by atoms with E-state index in [0.717, 1.165) is 39.7 Å². The Morgan fingerprint density at radius 2 is 1.96 bits per heavy atom. The molecule has 4 rings (SSSR count). The Bertz CT molecular complexity index is 977. The summed E-state index contributed by atoms with van der Waals surface area (Å²) in [4.78, 5) is 12.4. The van der Waals surface area contributed by atoms with E-state index in [1.807, 2.05) is 30.3 Å². The fraction of sp³-hybridized carbons (Fsp3) is 0. The zero-order valence-electron chi connectivity index (χ0n) is 11.9. The summed E-state index contributed by atoms with van der Waals surface area (Å²) in [6.07, 6.45) is 1.69. The lowest BCUT2D eigenvalue weighted by Crippen LogP contribution is -2.11. The molecule has 0 saturated carbocycles. The highest BCUT2D eigenvalue weighted by molar-refractivity contribution is 7.00. The number of fused-ring (bicyclic) bond motifs is 1. The monoisotopic (exact) mass is 321 g/mol. The van der Waals surface area contributed by atoms with Gasteiger partial charge in [-0.15, -0.1) is 0 Å². The summed E-state index contributed by atoms with van der Waals surface area (Å²) in [5, 5.41) is 9.74. The Morgan fingerprint density at radius 1 is 1.04 bits per heavy atom. The molecule has 0 radical (unpaired) electrons. The van der Waals surface area contributed by atoms with Crippen molar-refractivity contribution in [1.82, 2.24) is 18.9 Å². The minimum absolute atomic E-state index is 0.179. The average molecular weight is 321 g/mol. The van der Waals surface area contributed by atoms with E-state index >= 15 is 0 Å². The molecule has 0 fully saturated rings. The molecule has 0 atom stereocenters. The average Bonchev–Trinajstić information content (AvgIpc) is 3.26. The van der Waals surface area contributed by atoms with Gasteiger partial charge in [-0.05, 0) is 36.4 Å². The molecule has 0 saturated heterocycles. The van der Waals surface area contributed by atoms with E-state index in [4.69, 9.17) is 0 Å². The minimum Gasteiger partial charge on any atom is -0.322 e. The van der Waals surface area contributed by atoms with Crippen LogP contribution in [0.2, 0.25) is 0 Å². The summed E-state index contributed by atoms with van der Waals surface area (Å²) in [5.41, 5.74) is 4.66. The lowest BCUT2D eigenvalue weighted by Gasteiger charge is -2.07. The van der Waals surface area contributed by atoms with Crippen molar-refractivity contribution in [3.8, 4) is 11.3 Å². The molecule has 0 aliphatic carbocycles. The van der Waals surface area contributed by atoms with Gasteiger partial charge in [-0.1, -0.05) is 12.1 Å². The Kier molecular flexibility index (Phi) is 3.32. The number of aromatic nitrogens is 4. The zero-order valence-corrected chi connectivity index (χ0v) is 12.7. The van der Waals surface area contributed by atoms with Gasteiger partial charge in [0.25, 0.3) is 5.91 Å². The SMILES string of the molecule is O=C(Nc1cccc(-c2ccn[nH]2)c1)c1ccc2nsnc2c1. The van der Waals surface area contributed by atoms with E-state index in [1.165, 1.54) is 0 Å². The lowest BCUT2D eigenvalue weighted by atomic mass is 10.1. The number of carbonyl (C=O) groups excluding carboxylic acids is 1. The first-order valence-electron chi connectivity index (χ1n) is 6.93. The third kappa shape index (κ3) is 2.69. The van der Waals surface area contributed by atoms with Crippen LogP contribution in [0.4, 0.5) is 5.69 Å². The summed E-state index contributed by atoms with van der Waals surface area (Å²) in [7, 11) is 0. The molecule has 2 aromatic heterocycles. The maximum Gasteiger partial charge on any atom is 0.255 e. The summed E-state index contributed by atoms with van der Waals surface area (Å²) in [5.74, 6) is -0.179. The van der Waals surface area contributed by atoms with E-state index in [2.05, 4.69) is 24.3 Å². The molecule has 6 nitrogen and oxygen atoms in total. The fourth-order valence-corrected chi connectivity index (χ4v) is 2.83. The minimum atomic E-state index is -0.179. The van der Waals surface area contributed by atoms with Gasteiger partial charge in [0.05, 0.1) is 17.4 Å². The molecular weight excluding hydrogens is 310 g/mol. The van der Waals surface area contributed by atoms with Gasteiger partial charge in [-0.3, -0.25) is 9.89 Å². The number of benzene rings is 2. The van der Waals surface area contributed by atoms with Crippen molar-refractivity contribution < 1.29 is 4.79 Å². The third-order valence-electron chi connectivity index (χ3n) is 3.45. The molecule has 0 spiro atoms. The van der Waals surface area contributed by atoms with E-state index in [0.29, 0.717) is 5.56 Å². The van der Waals surface area contributed by atoms with Crippen molar-refractivity contribution in [1.29, 1.82) is 0 Å². The number of carbonyl (C=O) groups is 1. The largest absolute Gasteiger partial charge is 0.322 e. The maximum atomic E-state index is 12.4. The number of rotatable bonds is 3. The molecule has 4 aromatic rings. The maximum absolute atomic E-state index is 12.4. The molecule has 2 heterocycles. The van der Waals surface area contributed by atoms with Crippen molar-refractivity contribution in [3.05, 3.63) is 60.3 Å². The zero-order chi connectivity index (χ0) is 15.6. The summed E-state index contributed by atoms with van der Waals surface area (Å²) in [6.45, 7) is 0. The Hall–Kier alpha value is -3.06. The molecule has 0 unspecified atom stereocenters. The Morgan fingerprint density at radius 3 is 2.83 bits per heavy atom. The predicted molar refractivity (Wildman–Crippen MR) is 89.4 cm³/mol. The molecule has 112 valence electrons. The van der Waals surface area contributed by atoms with Gasteiger partial charge in [0.15, 0.2) is 0 Å². The topological polar surface area (TPSA) is 83.6 Å². The second-order valence-electron chi connectivity index (χ2n) is 4.97. The fourth-order valence-electron chi connectivity index (χ4n) is 2.31. The number of amides is 1. The molecule has 0 bridgehead atoms. The van der Waals surface area contributed by atoms with Crippen LogP contribution in [0.15, 0.2) is 54.7 Å². The van der Waals surface area contributed by atoms with Gasteiger partial charge < -0.3 is 5.32 Å². The first kappa shape index (κ1) is 13.6. The number of H-pyrrole nitrogens is 1. The molecule has 7 heteroatoms. The quantitative estimate of drug-likeness (QED) is 0.606. The Labute approximate surface area is 135 Å². The van der Waals surface area contributed by atoms with Gasteiger partial charge in [-0.2, -0.15) is 13.8 Å². The molecule has 1 amide bonds. The van der Waals surface area contributed by atoms with Gasteiger partial charge in [-0.25, -0.2) is 0 Å². The summed E-state index contributed by atoms with van der Waals surface area (Å²) in [6, 6.07) is 14.8. The van der Waals surface area contributed by atoms with E-state index in [9.17, 15) is 4.79 Å². The summed E-state index contributed by atoms with van der Waals surface area (Å²) < 4.78 is 8.29. The summed E-state index contributed by atoms with van der Waals surface area (Å²) >= 11 is 1.14. The van der Waals surface area contributed by atoms with Crippen LogP contribution in [-0.4, -0.2) is 24.9 Å².